The van der Waals surface area contributed by atoms with E-state index in [0.717, 1.165) is 11.1 Å². The first-order valence-corrected chi connectivity index (χ1v) is 10.4. The number of fused-ring (bicyclic) bond motifs is 1. The van der Waals surface area contributed by atoms with Gasteiger partial charge in [-0.15, -0.1) is 0 Å². The molecule has 4 aromatic rings. The molecule has 0 aliphatic rings. The van der Waals surface area contributed by atoms with Crippen molar-refractivity contribution in [3.63, 3.8) is 0 Å². The Balaban J connectivity index is 1.68. The Bertz CT molecular complexity index is 1280. The number of carbonyl (C=O) groups is 1. The van der Waals surface area contributed by atoms with E-state index in [1.807, 2.05) is 49.4 Å². The van der Waals surface area contributed by atoms with E-state index in [4.69, 9.17) is 11.6 Å². The van der Waals surface area contributed by atoms with Crippen LogP contribution in [0.15, 0.2) is 65.6 Å². The second-order valence-corrected chi connectivity index (χ2v) is 7.67. The number of carbonyl (C=O) groups excluding carboxylic acids is 1. The average Bonchev–Trinajstić information content (AvgIpc) is 3.03. The summed E-state index contributed by atoms with van der Waals surface area (Å²) in [5.41, 5.74) is 2.51. The van der Waals surface area contributed by atoms with E-state index in [1.54, 1.807) is 30.3 Å². The molecular formula is C23H22ClN5O2. The predicted octanol–water partition coefficient (Wildman–Crippen LogP) is 3.50. The fourth-order valence-corrected chi connectivity index (χ4v) is 3.60. The van der Waals surface area contributed by atoms with Crippen molar-refractivity contribution in [1.29, 1.82) is 0 Å². The minimum absolute atomic E-state index is 0.0894. The van der Waals surface area contributed by atoms with Crippen molar-refractivity contribution in [2.45, 2.75) is 20.0 Å². The van der Waals surface area contributed by atoms with Gasteiger partial charge in [-0.2, -0.15) is 0 Å². The maximum Gasteiger partial charge on any atom is 0.330 e. The number of rotatable bonds is 6. The number of likely N-dealkylation sites (N-methyl/N-ethyl adjacent to an activating group) is 1. The number of hydrogen-bond acceptors (Lipinski definition) is 4. The summed E-state index contributed by atoms with van der Waals surface area (Å²) >= 11 is 5.97. The summed E-state index contributed by atoms with van der Waals surface area (Å²) in [4.78, 5) is 36.6. The van der Waals surface area contributed by atoms with E-state index < -0.39 is 0 Å². The number of halogens is 1. The van der Waals surface area contributed by atoms with Crippen LogP contribution in [0.5, 0.6) is 0 Å². The minimum atomic E-state index is -0.304. The molecule has 0 fully saturated rings. The van der Waals surface area contributed by atoms with E-state index in [1.165, 1.54) is 9.13 Å². The molecule has 0 saturated heterocycles. The van der Waals surface area contributed by atoms with Gasteiger partial charge < -0.3 is 4.90 Å². The summed E-state index contributed by atoms with van der Waals surface area (Å²) in [5, 5.41) is 0.616. The normalized spacial score (nSPS) is 11.1. The lowest BCUT2D eigenvalue weighted by Gasteiger charge is -2.21. The van der Waals surface area contributed by atoms with E-state index in [2.05, 4.69) is 9.97 Å². The molecule has 2 heterocycles. The Hall–Kier alpha value is -3.45. The third-order valence-electron chi connectivity index (χ3n) is 5.23. The maximum absolute atomic E-state index is 13.0. The molecule has 4 rings (SSSR count). The quantitative estimate of drug-likeness (QED) is 0.464. The number of aryl methyl sites for hydroxylation is 1. The van der Waals surface area contributed by atoms with Gasteiger partial charge in [0.05, 0.1) is 6.20 Å². The molecule has 0 saturated carbocycles. The smallest absolute Gasteiger partial charge is 0.330 e. The zero-order valence-electron chi connectivity index (χ0n) is 17.3. The number of hydrogen-bond donors (Lipinski definition) is 0. The molecule has 7 nitrogen and oxygen atoms in total. The third-order valence-corrected chi connectivity index (χ3v) is 5.48. The van der Waals surface area contributed by atoms with Crippen molar-refractivity contribution in [3.8, 4) is 11.4 Å². The summed E-state index contributed by atoms with van der Waals surface area (Å²) in [7, 11) is 1.65. The van der Waals surface area contributed by atoms with Crippen LogP contribution in [0.25, 0.3) is 22.6 Å². The van der Waals surface area contributed by atoms with Gasteiger partial charge in [-0.25, -0.2) is 14.8 Å². The highest BCUT2D eigenvalue weighted by atomic mass is 35.5. The lowest BCUT2D eigenvalue weighted by Crippen LogP contribution is -2.36. The predicted molar refractivity (Wildman–Crippen MR) is 121 cm³/mol. The van der Waals surface area contributed by atoms with Crippen molar-refractivity contribution in [3.05, 3.63) is 81.9 Å². The lowest BCUT2D eigenvalue weighted by molar-refractivity contribution is -0.132. The highest BCUT2D eigenvalue weighted by Crippen LogP contribution is 2.20. The fourth-order valence-electron chi connectivity index (χ4n) is 3.47. The van der Waals surface area contributed by atoms with Gasteiger partial charge in [0, 0.05) is 30.7 Å². The Morgan fingerprint density at radius 1 is 1.10 bits per heavy atom. The molecule has 31 heavy (non-hydrogen) atoms. The largest absolute Gasteiger partial charge is 0.337 e. The number of benzene rings is 2. The molecule has 0 spiro atoms. The van der Waals surface area contributed by atoms with Gasteiger partial charge in [-0.3, -0.25) is 13.9 Å². The molecule has 0 radical (unpaired) electrons. The van der Waals surface area contributed by atoms with Crippen molar-refractivity contribution in [2.75, 3.05) is 6.54 Å². The lowest BCUT2D eigenvalue weighted by atomic mass is 10.2. The van der Waals surface area contributed by atoms with E-state index in [-0.39, 0.29) is 18.1 Å². The van der Waals surface area contributed by atoms with Crippen LogP contribution in [-0.2, 0) is 24.9 Å². The van der Waals surface area contributed by atoms with Crippen LogP contribution in [-0.4, -0.2) is 36.5 Å². The minimum Gasteiger partial charge on any atom is -0.337 e. The Morgan fingerprint density at radius 3 is 2.48 bits per heavy atom. The summed E-state index contributed by atoms with van der Waals surface area (Å²) in [5.74, 6) is 0.320. The summed E-state index contributed by atoms with van der Waals surface area (Å²) in [6.45, 7) is 2.86. The molecule has 0 unspecified atom stereocenters. The number of nitrogens with zero attached hydrogens (tertiary/aromatic N) is 5. The zero-order valence-corrected chi connectivity index (χ0v) is 18.1. The summed E-state index contributed by atoms with van der Waals surface area (Å²) < 4.78 is 2.87. The van der Waals surface area contributed by atoms with Crippen molar-refractivity contribution in [2.24, 2.45) is 7.05 Å². The van der Waals surface area contributed by atoms with Crippen LogP contribution < -0.4 is 5.69 Å². The topological polar surface area (TPSA) is 73.0 Å². The molecule has 2 aromatic carbocycles. The maximum atomic E-state index is 13.0. The van der Waals surface area contributed by atoms with Crippen LogP contribution in [0.2, 0.25) is 5.02 Å². The molecule has 158 valence electrons. The second kappa shape index (κ2) is 8.73. The van der Waals surface area contributed by atoms with Crippen molar-refractivity contribution < 1.29 is 4.79 Å². The molecule has 0 aliphatic heterocycles. The molecule has 0 aliphatic carbocycles. The standard InChI is InChI=1S/C23H22ClN5O2/c1-3-28(14-16-7-5-4-6-8-16)20(30)15-29-22-19(27(2)23(29)31)13-25-21(26-22)17-9-11-18(24)12-10-17/h4-13H,3,14-15H2,1-2H3. The second-order valence-electron chi connectivity index (χ2n) is 7.23. The Morgan fingerprint density at radius 2 is 1.81 bits per heavy atom. The summed E-state index contributed by atoms with van der Waals surface area (Å²) in [6.07, 6.45) is 1.61. The van der Waals surface area contributed by atoms with Crippen LogP contribution in [0.1, 0.15) is 12.5 Å². The van der Waals surface area contributed by atoms with Crippen LogP contribution in [0.4, 0.5) is 0 Å². The number of aromatic nitrogens is 4. The van der Waals surface area contributed by atoms with E-state index in [9.17, 15) is 9.59 Å². The Kier molecular flexibility index (Phi) is 5.86. The van der Waals surface area contributed by atoms with Crippen molar-refractivity contribution >= 4 is 28.7 Å². The number of amides is 1. The van der Waals surface area contributed by atoms with Crippen LogP contribution in [0, 0.1) is 0 Å². The average molecular weight is 436 g/mol. The number of imidazole rings is 1. The molecule has 0 bridgehead atoms. The molecule has 1 amide bonds. The zero-order chi connectivity index (χ0) is 22.0. The van der Waals surface area contributed by atoms with Crippen molar-refractivity contribution in [1.82, 2.24) is 24.0 Å². The van der Waals surface area contributed by atoms with Gasteiger partial charge in [-0.05, 0) is 36.8 Å². The third kappa shape index (κ3) is 4.22. The fraction of sp³-hybridized carbons (Fsp3) is 0.217. The van der Waals surface area contributed by atoms with Gasteiger partial charge in [-0.1, -0.05) is 41.9 Å². The highest BCUT2D eigenvalue weighted by molar-refractivity contribution is 6.30. The molecular weight excluding hydrogens is 414 g/mol. The van der Waals surface area contributed by atoms with Gasteiger partial charge in [0.2, 0.25) is 5.91 Å². The van der Waals surface area contributed by atoms with E-state index in [0.29, 0.717) is 35.1 Å². The monoisotopic (exact) mass is 435 g/mol. The van der Waals surface area contributed by atoms with Gasteiger partial charge in [0.1, 0.15) is 12.1 Å². The molecule has 0 atom stereocenters. The van der Waals surface area contributed by atoms with Crippen LogP contribution in [0.3, 0.4) is 0 Å². The Labute approximate surface area is 184 Å². The first-order valence-electron chi connectivity index (χ1n) is 9.98. The van der Waals surface area contributed by atoms with Gasteiger partial charge >= 0.3 is 5.69 Å². The van der Waals surface area contributed by atoms with Gasteiger partial charge in [0.25, 0.3) is 0 Å². The van der Waals surface area contributed by atoms with Crippen LogP contribution >= 0.6 is 11.6 Å². The first-order chi connectivity index (χ1) is 15.0. The molecule has 2 aromatic heterocycles. The van der Waals surface area contributed by atoms with Gasteiger partial charge in [0.15, 0.2) is 11.5 Å². The summed E-state index contributed by atoms with van der Waals surface area (Å²) in [6, 6.07) is 16.9. The highest BCUT2D eigenvalue weighted by Gasteiger charge is 2.19. The van der Waals surface area contributed by atoms with E-state index >= 15 is 0 Å². The molecule has 8 heteroatoms. The molecule has 0 N–H and O–H groups in total. The first kappa shape index (κ1) is 20.8. The SMILES string of the molecule is CCN(Cc1ccccc1)C(=O)Cn1c(=O)n(C)c2cnc(-c3ccc(Cl)cc3)nc21.